The normalized spacial score (nSPS) is 11.5. The fourth-order valence-corrected chi connectivity index (χ4v) is 8.17. The Bertz CT molecular complexity index is 3220. The Hall–Kier alpha value is -7.76. The fraction of sp³-hybridized carbons (Fsp3) is 0. The van der Waals surface area contributed by atoms with Crippen molar-refractivity contribution < 1.29 is 0 Å². The van der Waals surface area contributed by atoms with Gasteiger partial charge >= 0.3 is 0 Å². The van der Waals surface area contributed by atoms with Gasteiger partial charge in [0.15, 0.2) is 5.82 Å². The van der Waals surface area contributed by atoms with Crippen molar-refractivity contribution in [1.29, 1.82) is 0 Å². The molecule has 0 saturated carbocycles. The Balaban J connectivity index is 1.02. The molecule has 5 nitrogen and oxygen atoms in total. The molecule has 0 radical (unpaired) electrons. The van der Waals surface area contributed by atoms with Crippen LogP contribution in [0.2, 0.25) is 0 Å². The molecule has 0 bridgehead atoms. The molecule has 266 valence electrons. The van der Waals surface area contributed by atoms with Gasteiger partial charge in [0.05, 0.1) is 33.5 Å². The average molecular weight is 728 g/mol. The highest BCUT2D eigenvalue weighted by molar-refractivity contribution is 6.09. The van der Waals surface area contributed by atoms with Crippen molar-refractivity contribution >= 4 is 43.6 Å². The van der Waals surface area contributed by atoms with Gasteiger partial charge in [-0.1, -0.05) is 140 Å². The van der Waals surface area contributed by atoms with Crippen molar-refractivity contribution in [2.45, 2.75) is 0 Å². The molecule has 0 saturated heterocycles. The van der Waals surface area contributed by atoms with Crippen LogP contribution in [-0.2, 0) is 0 Å². The molecule has 3 heterocycles. The van der Waals surface area contributed by atoms with Crippen molar-refractivity contribution in [3.63, 3.8) is 0 Å². The van der Waals surface area contributed by atoms with Gasteiger partial charge in [-0.3, -0.25) is 0 Å². The molecular formula is C52H33N5. The summed E-state index contributed by atoms with van der Waals surface area (Å²) in [7, 11) is 0. The van der Waals surface area contributed by atoms with E-state index in [-0.39, 0.29) is 0 Å². The van der Waals surface area contributed by atoms with E-state index in [1.54, 1.807) is 6.33 Å². The standard InChI is InChI=1S/C52H33N5/c1-2-12-37(13-3-1)52-55-47-19-9-5-17-45(47)51(56-52)40-31-38(30-39(32-40)50-44-16-4-8-18-46(44)53-33-54-50)36-24-22-34(23-25-36)35-26-28-41(29-27-35)57-48-20-10-6-14-42(48)43-15-7-11-21-49(43)57/h1-33H. The number of rotatable bonds is 6. The van der Waals surface area contributed by atoms with E-state index in [9.17, 15) is 0 Å². The van der Waals surface area contributed by atoms with Crippen LogP contribution in [0.15, 0.2) is 200 Å². The fourth-order valence-electron chi connectivity index (χ4n) is 8.17. The van der Waals surface area contributed by atoms with E-state index in [0.29, 0.717) is 5.82 Å². The number of fused-ring (bicyclic) bond motifs is 5. The summed E-state index contributed by atoms with van der Waals surface area (Å²) in [6.45, 7) is 0. The number of benzene rings is 8. The molecule has 5 heteroatoms. The number of hydrogen-bond acceptors (Lipinski definition) is 4. The van der Waals surface area contributed by atoms with Gasteiger partial charge in [0, 0.05) is 43.9 Å². The molecule has 0 spiro atoms. The van der Waals surface area contributed by atoms with Gasteiger partial charge < -0.3 is 4.57 Å². The molecule has 57 heavy (non-hydrogen) atoms. The van der Waals surface area contributed by atoms with E-state index in [0.717, 1.165) is 77.8 Å². The van der Waals surface area contributed by atoms with Crippen LogP contribution in [0.25, 0.3) is 105 Å². The maximum absolute atomic E-state index is 5.24. The zero-order valence-corrected chi connectivity index (χ0v) is 30.8. The zero-order valence-electron chi connectivity index (χ0n) is 30.8. The predicted octanol–water partition coefficient (Wildman–Crippen LogP) is 13.0. The molecule has 11 aromatic rings. The monoisotopic (exact) mass is 727 g/mol. The highest BCUT2D eigenvalue weighted by Gasteiger charge is 2.17. The molecular weight excluding hydrogens is 695 g/mol. The first-order valence-electron chi connectivity index (χ1n) is 19.1. The summed E-state index contributed by atoms with van der Waals surface area (Å²) >= 11 is 0. The van der Waals surface area contributed by atoms with Gasteiger partial charge in [0.25, 0.3) is 0 Å². The molecule has 0 aliphatic heterocycles. The van der Waals surface area contributed by atoms with E-state index >= 15 is 0 Å². The van der Waals surface area contributed by atoms with Crippen LogP contribution in [0.3, 0.4) is 0 Å². The van der Waals surface area contributed by atoms with E-state index < -0.39 is 0 Å². The molecule has 0 atom stereocenters. The lowest BCUT2D eigenvalue weighted by molar-refractivity contribution is 1.18. The van der Waals surface area contributed by atoms with Crippen LogP contribution < -0.4 is 0 Å². The van der Waals surface area contributed by atoms with Crippen LogP contribution >= 0.6 is 0 Å². The largest absolute Gasteiger partial charge is 0.309 e. The van der Waals surface area contributed by atoms with Gasteiger partial charge in [0.2, 0.25) is 0 Å². The number of nitrogens with zero attached hydrogens (tertiary/aromatic N) is 5. The minimum Gasteiger partial charge on any atom is -0.309 e. The third-order valence-electron chi connectivity index (χ3n) is 10.9. The van der Waals surface area contributed by atoms with Crippen molar-refractivity contribution in [2.24, 2.45) is 0 Å². The summed E-state index contributed by atoms with van der Waals surface area (Å²) in [6, 6.07) is 68.3. The van der Waals surface area contributed by atoms with Crippen molar-refractivity contribution in [1.82, 2.24) is 24.5 Å². The maximum atomic E-state index is 5.24. The third kappa shape index (κ3) is 5.72. The van der Waals surface area contributed by atoms with E-state index in [2.05, 4.69) is 155 Å². The first-order chi connectivity index (χ1) is 28.2. The van der Waals surface area contributed by atoms with Crippen LogP contribution in [0, 0.1) is 0 Å². The Morgan fingerprint density at radius 2 is 0.807 bits per heavy atom. The molecule has 0 amide bonds. The Kier molecular flexibility index (Phi) is 7.74. The zero-order chi connectivity index (χ0) is 37.7. The topological polar surface area (TPSA) is 56.5 Å². The van der Waals surface area contributed by atoms with E-state index in [4.69, 9.17) is 15.0 Å². The molecule has 8 aromatic carbocycles. The van der Waals surface area contributed by atoms with E-state index in [1.165, 1.54) is 21.8 Å². The summed E-state index contributed by atoms with van der Waals surface area (Å²) in [5, 5.41) is 4.52. The summed E-state index contributed by atoms with van der Waals surface area (Å²) in [5.74, 6) is 0.692. The first-order valence-corrected chi connectivity index (χ1v) is 19.1. The molecule has 0 unspecified atom stereocenters. The second-order valence-corrected chi connectivity index (χ2v) is 14.3. The lowest BCUT2D eigenvalue weighted by Gasteiger charge is -2.14. The predicted molar refractivity (Wildman–Crippen MR) is 234 cm³/mol. The number of para-hydroxylation sites is 4. The highest BCUT2D eigenvalue weighted by Crippen LogP contribution is 2.38. The first kappa shape index (κ1) is 32.7. The van der Waals surface area contributed by atoms with Crippen LogP contribution in [0.5, 0.6) is 0 Å². The Morgan fingerprint density at radius 3 is 1.47 bits per heavy atom. The van der Waals surface area contributed by atoms with Gasteiger partial charge in [-0.2, -0.15) is 0 Å². The van der Waals surface area contributed by atoms with Crippen LogP contribution in [0.1, 0.15) is 0 Å². The van der Waals surface area contributed by atoms with Crippen LogP contribution in [-0.4, -0.2) is 24.5 Å². The SMILES string of the molecule is c1ccc(-c2nc(-c3cc(-c4ccc(-c5ccc(-n6c7ccccc7c7ccccc76)cc5)cc4)cc(-c4ncnc5ccccc45)c3)c3ccccc3n2)cc1. The summed E-state index contributed by atoms with van der Waals surface area (Å²) in [6.07, 6.45) is 1.65. The number of hydrogen-bond donors (Lipinski definition) is 0. The smallest absolute Gasteiger partial charge is 0.160 e. The van der Waals surface area contributed by atoms with Gasteiger partial charge in [-0.25, -0.2) is 19.9 Å². The number of aromatic nitrogens is 5. The second kappa shape index (κ2) is 13.5. The maximum Gasteiger partial charge on any atom is 0.160 e. The Morgan fingerprint density at radius 1 is 0.316 bits per heavy atom. The molecule has 0 aliphatic carbocycles. The Labute approximate surface area is 329 Å². The second-order valence-electron chi connectivity index (χ2n) is 14.3. The molecule has 3 aromatic heterocycles. The third-order valence-corrected chi connectivity index (χ3v) is 10.9. The summed E-state index contributed by atoms with van der Waals surface area (Å²) < 4.78 is 2.35. The van der Waals surface area contributed by atoms with Crippen molar-refractivity contribution in [2.75, 3.05) is 0 Å². The minimum absolute atomic E-state index is 0.692. The molecule has 11 rings (SSSR count). The molecule has 0 N–H and O–H groups in total. The van der Waals surface area contributed by atoms with Crippen LogP contribution in [0.4, 0.5) is 0 Å². The van der Waals surface area contributed by atoms with Crippen molar-refractivity contribution in [3.8, 4) is 61.8 Å². The lowest BCUT2D eigenvalue weighted by atomic mass is 9.93. The summed E-state index contributed by atoms with van der Waals surface area (Å²) in [5.41, 5.74) is 14.6. The van der Waals surface area contributed by atoms with Gasteiger partial charge in [-0.15, -0.1) is 0 Å². The molecule has 0 fully saturated rings. The molecule has 0 aliphatic rings. The van der Waals surface area contributed by atoms with Crippen molar-refractivity contribution in [3.05, 3.63) is 200 Å². The lowest BCUT2D eigenvalue weighted by Crippen LogP contribution is -1.96. The average Bonchev–Trinajstić information content (AvgIpc) is 3.63. The van der Waals surface area contributed by atoms with E-state index in [1.807, 2.05) is 48.5 Å². The van der Waals surface area contributed by atoms with Gasteiger partial charge in [0.1, 0.15) is 6.33 Å². The minimum atomic E-state index is 0.692. The highest BCUT2D eigenvalue weighted by atomic mass is 15.0. The summed E-state index contributed by atoms with van der Waals surface area (Å²) in [4.78, 5) is 19.6. The quantitative estimate of drug-likeness (QED) is 0.171. The van der Waals surface area contributed by atoms with Gasteiger partial charge in [-0.05, 0) is 76.9 Å².